The highest BCUT2D eigenvalue weighted by Gasteiger charge is 2.24. The summed E-state index contributed by atoms with van der Waals surface area (Å²) in [4.78, 5) is 18.7. The van der Waals surface area contributed by atoms with Crippen molar-refractivity contribution < 1.29 is 4.79 Å². The monoisotopic (exact) mass is 347 g/mol. The highest BCUT2D eigenvalue weighted by Crippen LogP contribution is 2.27. The number of nitrogens with zero attached hydrogens (tertiary/aromatic N) is 2. The summed E-state index contributed by atoms with van der Waals surface area (Å²) < 4.78 is 1.02. The number of piperidine rings is 1. The Morgan fingerprint density at radius 1 is 1.29 bits per heavy atom. The maximum Gasteiger partial charge on any atom is 0.222 e. The summed E-state index contributed by atoms with van der Waals surface area (Å²) in [5.41, 5.74) is 0.989. The van der Waals surface area contributed by atoms with E-state index in [1.54, 1.807) is 7.05 Å². The van der Waals surface area contributed by atoms with Gasteiger partial charge in [0.1, 0.15) is 5.82 Å². The number of fused-ring (bicyclic) bond motifs is 1. The van der Waals surface area contributed by atoms with Crippen molar-refractivity contribution in [1.29, 1.82) is 0 Å². The fourth-order valence-electron chi connectivity index (χ4n) is 2.85. The summed E-state index contributed by atoms with van der Waals surface area (Å²) in [6.07, 6.45) is 1.77. The van der Waals surface area contributed by atoms with Crippen LogP contribution in [0.3, 0.4) is 0 Å². The second-order valence-corrected chi connectivity index (χ2v) is 6.21. The van der Waals surface area contributed by atoms with Crippen LogP contribution in [0.1, 0.15) is 12.8 Å². The topological polar surface area (TPSA) is 45.2 Å². The quantitative estimate of drug-likeness (QED) is 0.908. The first-order valence-electron chi connectivity index (χ1n) is 7.21. The number of nitrogens with one attached hydrogen (secondary N) is 1. The molecule has 0 saturated carbocycles. The molecule has 4 nitrogen and oxygen atoms in total. The SMILES string of the molecule is CNC(=O)C1CCN(c2ccc3cccc(Br)c3n2)CC1. The number of amides is 1. The predicted molar refractivity (Wildman–Crippen MR) is 88.4 cm³/mol. The molecule has 2 heterocycles. The second-order valence-electron chi connectivity index (χ2n) is 5.36. The lowest BCUT2D eigenvalue weighted by molar-refractivity contribution is -0.125. The smallest absolute Gasteiger partial charge is 0.222 e. The number of carbonyl (C=O) groups excluding carboxylic acids is 1. The van der Waals surface area contributed by atoms with E-state index in [1.165, 1.54) is 0 Å². The van der Waals surface area contributed by atoms with E-state index in [0.717, 1.165) is 47.1 Å². The van der Waals surface area contributed by atoms with Gasteiger partial charge in [-0.15, -0.1) is 0 Å². The Labute approximate surface area is 132 Å². The molecule has 0 atom stereocenters. The summed E-state index contributed by atoms with van der Waals surface area (Å²) in [6, 6.07) is 10.3. The number of hydrogen-bond donors (Lipinski definition) is 1. The number of para-hydroxylation sites is 1. The van der Waals surface area contributed by atoms with Crippen molar-refractivity contribution in [2.24, 2.45) is 5.92 Å². The molecule has 1 aromatic carbocycles. The molecule has 3 rings (SSSR count). The molecule has 1 aromatic heterocycles. The normalized spacial score (nSPS) is 16.2. The van der Waals surface area contributed by atoms with Gasteiger partial charge in [-0.1, -0.05) is 12.1 Å². The second kappa shape index (κ2) is 6.02. The van der Waals surface area contributed by atoms with Gasteiger partial charge in [0, 0.05) is 35.9 Å². The molecule has 1 N–H and O–H groups in total. The van der Waals surface area contributed by atoms with Crippen LogP contribution in [-0.4, -0.2) is 31.0 Å². The molecule has 0 spiro atoms. The summed E-state index contributed by atoms with van der Waals surface area (Å²) in [5, 5.41) is 3.87. The van der Waals surface area contributed by atoms with Crippen LogP contribution in [0.25, 0.3) is 10.9 Å². The van der Waals surface area contributed by atoms with Gasteiger partial charge in [0.2, 0.25) is 5.91 Å². The first-order chi connectivity index (χ1) is 10.2. The highest BCUT2D eigenvalue weighted by atomic mass is 79.9. The molecule has 1 aliphatic rings. The van der Waals surface area contributed by atoms with Crippen LogP contribution in [-0.2, 0) is 4.79 Å². The van der Waals surface area contributed by atoms with Crippen LogP contribution in [0.15, 0.2) is 34.8 Å². The van der Waals surface area contributed by atoms with Crippen molar-refractivity contribution in [3.63, 3.8) is 0 Å². The molecule has 1 amide bonds. The zero-order valence-electron chi connectivity index (χ0n) is 12.0. The van der Waals surface area contributed by atoms with Gasteiger partial charge in [0.25, 0.3) is 0 Å². The number of pyridine rings is 1. The largest absolute Gasteiger partial charge is 0.359 e. The van der Waals surface area contributed by atoms with Crippen molar-refractivity contribution >= 4 is 38.6 Å². The summed E-state index contributed by atoms with van der Waals surface area (Å²) in [5.74, 6) is 1.28. The van der Waals surface area contributed by atoms with E-state index in [2.05, 4.69) is 44.3 Å². The molecule has 0 bridgehead atoms. The van der Waals surface area contributed by atoms with E-state index in [0.29, 0.717) is 0 Å². The lowest BCUT2D eigenvalue weighted by Gasteiger charge is -2.32. The summed E-state index contributed by atoms with van der Waals surface area (Å²) in [7, 11) is 1.71. The Morgan fingerprint density at radius 2 is 2.05 bits per heavy atom. The standard InChI is InChI=1S/C16H18BrN3O/c1-18-16(21)12-7-9-20(10-8-12)14-6-5-11-3-2-4-13(17)15(11)19-14/h2-6,12H,7-10H2,1H3,(H,18,21). The molecule has 1 aliphatic heterocycles. The molecule has 0 radical (unpaired) electrons. The minimum Gasteiger partial charge on any atom is -0.359 e. The Bertz CT molecular complexity index is 666. The molecule has 0 unspecified atom stereocenters. The van der Waals surface area contributed by atoms with E-state index >= 15 is 0 Å². The van der Waals surface area contributed by atoms with Crippen LogP contribution in [0, 0.1) is 5.92 Å². The first kappa shape index (κ1) is 14.3. The van der Waals surface area contributed by atoms with Gasteiger partial charge in [-0.25, -0.2) is 4.98 Å². The molecule has 0 aliphatic carbocycles. The maximum absolute atomic E-state index is 11.7. The van der Waals surface area contributed by atoms with Crippen LogP contribution in [0.4, 0.5) is 5.82 Å². The minimum atomic E-state index is 0.137. The van der Waals surface area contributed by atoms with Gasteiger partial charge < -0.3 is 10.2 Å². The van der Waals surface area contributed by atoms with E-state index < -0.39 is 0 Å². The molecular formula is C16H18BrN3O. The summed E-state index contributed by atoms with van der Waals surface area (Å²) >= 11 is 3.56. The van der Waals surface area contributed by atoms with Crippen LogP contribution in [0.2, 0.25) is 0 Å². The fourth-order valence-corrected chi connectivity index (χ4v) is 3.32. The predicted octanol–water partition coefficient (Wildman–Crippen LogP) is 2.96. The van der Waals surface area contributed by atoms with Crippen molar-refractivity contribution in [3.8, 4) is 0 Å². The van der Waals surface area contributed by atoms with Gasteiger partial charge in [-0.2, -0.15) is 0 Å². The van der Waals surface area contributed by atoms with Crippen LogP contribution < -0.4 is 10.2 Å². The number of hydrogen-bond acceptors (Lipinski definition) is 3. The lowest BCUT2D eigenvalue weighted by atomic mass is 9.96. The van der Waals surface area contributed by atoms with E-state index in [9.17, 15) is 4.79 Å². The number of benzene rings is 1. The Kier molecular flexibility index (Phi) is 4.10. The first-order valence-corrected chi connectivity index (χ1v) is 8.00. The average Bonchev–Trinajstić information content (AvgIpc) is 2.54. The zero-order valence-corrected chi connectivity index (χ0v) is 13.6. The van der Waals surface area contributed by atoms with Crippen molar-refractivity contribution in [1.82, 2.24) is 10.3 Å². The van der Waals surface area contributed by atoms with E-state index in [-0.39, 0.29) is 11.8 Å². The summed E-state index contributed by atoms with van der Waals surface area (Å²) in [6.45, 7) is 1.75. The molecule has 21 heavy (non-hydrogen) atoms. The Balaban J connectivity index is 1.79. The van der Waals surface area contributed by atoms with E-state index in [4.69, 9.17) is 4.98 Å². The molecule has 1 fully saturated rings. The number of aromatic nitrogens is 1. The van der Waals surface area contributed by atoms with Gasteiger partial charge in [0.15, 0.2) is 0 Å². The molecule has 2 aromatic rings. The van der Waals surface area contributed by atoms with Crippen molar-refractivity contribution in [2.75, 3.05) is 25.0 Å². The third-order valence-corrected chi connectivity index (χ3v) is 4.73. The van der Waals surface area contributed by atoms with Crippen molar-refractivity contribution in [3.05, 3.63) is 34.8 Å². The molecule has 110 valence electrons. The third-order valence-electron chi connectivity index (χ3n) is 4.09. The molecule has 1 saturated heterocycles. The Hall–Kier alpha value is -1.62. The lowest BCUT2D eigenvalue weighted by Crippen LogP contribution is -2.39. The van der Waals surface area contributed by atoms with Gasteiger partial charge in [0.05, 0.1) is 5.52 Å². The number of halogens is 1. The fraction of sp³-hybridized carbons (Fsp3) is 0.375. The van der Waals surface area contributed by atoms with Gasteiger partial charge in [-0.05, 0) is 47.0 Å². The van der Waals surface area contributed by atoms with Crippen LogP contribution in [0.5, 0.6) is 0 Å². The van der Waals surface area contributed by atoms with E-state index in [1.807, 2.05) is 12.1 Å². The van der Waals surface area contributed by atoms with Gasteiger partial charge in [-0.3, -0.25) is 4.79 Å². The number of anilines is 1. The minimum absolute atomic E-state index is 0.137. The van der Waals surface area contributed by atoms with Gasteiger partial charge >= 0.3 is 0 Å². The maximum atomic E-state index is 11.7. The number of carbonyl (C=O) groups is 1. The van der Waals surface area contributed by atoms with Crippen LogP contribution >= 0.6 is 15.9 Å². The number of rotatable bonds is 2. The molecule has 5 heteroatoms. The third kappa shape index (κ3) is 2.88. The molecular weight excluding hydrogens is 330 g/mol. The Morgan fingerprint density at radius 3 is 2.76 bits per heavy atom. The average molecular weight is 348 g/mol. The highest BCUT2D eigenvalue weighted by molar-refractivity contribution is 9.10. The van der Waals surface area contributed by atoms with Crippen molar-refractivity contribution in [2.45, 2.75) is 12.8 Å². The zero-order chi connectivity index (χ0) is 14.8.